The van der Waals surface area contributed by atoms with Crippen LogP contribution in [0.1, 0.15) is 17.2 Å². The highest BCUT2D eigenvalue weighted by atomic mass is 35.5. The molecular weight excluding hydrogens is 385 g/mol. The fraction of sp³-hybridized carbons (Fsp3) is 0.222. The quantitative estimate of drug-likeness (QED) is 0.750. The van der Waals surface area contributed by atoms with Gasteiger partial charge in [0.1, 0.15) is 6.10 Å². The van der Waals surface area contributed by atoms with Gasteiger partial charge < -0.3 is 15.4 Å². The van der Waals surface area contributed by atoms with Crippen molar-refractivity contribution in [2.24, 2.45) is 0 Å². The van der Waals surface area contributed by atoms with E-state index in [0.29, 0.717) is 10.6 Å². The zero-order valence-corrected chi connectivity index (χ0v) is 14.9. The molecule has 5 nitrogen and oxygen atoms in total. The fourth-order valence-corrected chi connectivity index (χ4v) is 2.60. The summed E-state index contributed by atoms with van der Waals surface area (Å²) >= 11 is 6.06. The molecule has 0 aliphatic rings. The van der Waals surface area contributed by atoms with E-state index in [1.807, 2.05) is 5.32 Å². The minimum absolute atomic E-state index is 0.0899. The molecule has 0 radical (unpaired) electrons. The predicted molar refractivity (Wildman–Crippen MR) is 94.3 cm³/mol. The summed E-state index contributed by atoms with van der Waals surface area (Å²) in [5, 5.41) is 4.71. The number of anilines is 1. The molecule has 0 spiro atoms. The van der Waals surface area contributed by atoms with Gasteiger partial charge in [0.15, 0.2) is 0 Å². The lowest BCUT2D eigenvalue weighted by molar-refractivity contribution is -0.138. The van der Waals surface area contributed by atoms with Gasteiger partial charge >= 0.3 is 18.0 Å². The van der Waals surface area contributed by atoms with E-state index in [4.69, 9.17) is 16.3 Å². The third-order valence-corrected chi connectivity index (χ3v) is 4.02. The highest BCUT2D eigenvalue weighted by Gasteiger charge is 2.34. The highest BCUT2D eigenvalue weighted by Crippen LogP contribution is 2.34. The first-order valence-corrected chi connectivity index (χ1v) is 8.14. The monoisotopic (exact) mass is 400 g/mol. The highest BCUT2D eigenvalue weighted by molar-refractivity contribution is 6.39. The van der Waals surface area contributed by atoms with Gasteiger partial charge in [-0.2, -0.15) is 13.2 Å². The summed E-state index contributed by atoms with van der Waals surface area (Å²) in [5.41, 5.74) is -0.943. The molecule has 2 aromatic rings. The van der Waals surface area contributed by atoms with Gasteiger partial charge in [0.05, 0.1) is 11.3 Å². The first kappa shape index (κ1) is 20.7. The number of hydrogen-bond donors (Lipinski definition) is 2. The fourth-order valence-electron chi connectivity index (χ4n) is 2.34. The minimum atomic E-state index is -4.66. The van der Waals surface area contributed by atoms with Crippen LogP contribution in [0, 0.1) is 0 Å². The molecule has 0 saturated heterocycles. The first-order chi connectivity index (χ1) is 12.7. The Balaban J connectivity index is 2.02. The number of carbonyl (C=O) groups is 2. The van der Waals surface area contributed by atoms with E-state index in [-0.39, 0.29) is 6.54 Å². The molecular formula is C18H16ClF3N2O3. The number of halogens is 4. The number of carbonyl (C=O) groups excluding carboxylic acids is 2. The molecule has 0 saturated carbocycles. The third-order valence-electron chi connectivity index (χ3n) is 3.67. The van der Waals surface area contributed by atoms with Crippen LogP contribution in [0.15, 0.2) is 48.5 Å². The van der Waals surface area contributed by atoms with Crippen LogP contribution >= 0.6 is 11.6 Å². The molecule has 2 N–H and O–H groups in total. The van der Waals surface area contributed by atoms with Crippen LogP contribution < -0.4 is 10.6 Å². The number of amides is 2. The number of methoxy groups -OCH3 is 1. The van der Waals surface area contributed by atoms with Crippen molar-refractivity contribution in [2.45, 2.75) is 12.3 Å². The Morgan fingerprint density at radius 2 is 1.70 bits per heavy atom. The summed E-state index contributed by atoms with van der Waals surface area (Å²) in [6.07, 6.45) is -5.29. The Hall–Kier alpha value is -2.58. The average Bonchev–Trinajstić information content (AvgIpc) is 2.62. The topological polar surface area (TPSA) is 67.4 Å². The molecule has 0 aliphatic heterocycles. The van der Waals surface area contributed by atoms with E-state index < -0.39 is 35.3 Å². The van der Waals surface area contributed by atoms with E-state index in [0.717, 1.165) is 12.1 Å². The van der Waals surface area contributed by atoms with Crippen LogP contribution in [0.25, 0.3) is 0 Å². The lowest BCUT2D eigenvalue weighted by atomic mass is 10.1. The molecule has 2 amide bonds. The molecule has 2 rings (SSSR count). The van der Waals surface area contributed by atoms with Gasteiger partial charge in [-0.3, -0.25) is 9.59 Å². The Kier molecular flexibility index (Phi) is 6.81. The number of alkyl halides is 3. The zero-order chi connectivity index (χ0) is 20.0. The summed E-state index contributed by atoms with van der Waals surface area (Å²) in [6, 6.07) is 11.2. The van der Waals surface area contributed by atoms with Gasteiger partial charge in [-0.15, -0.1) is 0 Å². The maximum absolute atomic E-state index is 12.9. The minimum Gasteiger partial charge on any atom is -0.375 e. The molecule has 27 heavy (non-hydrogen) atoms. The van der Waals surface area contributed by atoms with Crippen molar-refractivity contribution in [3.05, 3.63) is 64.7 Å². The van der Waals surface area contributed by atoms with Gasteiger partial charge in [-0.25, -0.2) is 0 Å². The van der Waals surface area contributed by atoms with Crippen LogP contribution in [0.3, 0.4) is 0 Å². The lowest BCUT2D eigenvalue weighted by Gasteiger charge is -2.18. The third kappa shape index (κ3) is 5.45. The van der Waals surface area contributed by atoms with E-state index in [1.54, 1.807) is 24.3 Å². The molecule has 0 aromatic heterocycles. The maximum Gasteiger partial charge on any atom is 0.418 e. The van der Waals surface area contributed by atoms with Crippen molar-refractivity contribution in [3.63, 3.8) is 0 Å². The molecule has 9 heteroatoms. The summed E-state index contributed by atoms with van der Waals surface area (Å²) < 4.78 is 44.1. The second kappa shape index (κ2) is 8.88. The second-order valence-electron chi connectivity index (χ2n) is 5.45. The molecule has 0 heterocycles. The molecule has 1 unspecified atom stereocenters. The molecule has 0 bridgehead atoms. The van der Waals surface area contributed by atoms with Crippen LogP contribution in [0.2, 0.25) is 5.02 Å². The molecule has 2 aromatic carbocycles. The van der Waals surface area contributed by atoms with Crippen LogP contribution in [0.5, 0.6) is 0 Å². The van der Waals surface area contributed by atoms with Gasteiger partial charge in [0.2, 0.25) is 0 Å². The van der Waals surface area contributed by atoms with Crippen molar-refractivity contribution in [1.29, 1.82) is 0 Å². The van der Waals surface area contributed by atoms with E-state index in [9.17, 15) is 22.8 Å². The van der Waals surface area contributed by atoms with E-state index in [2.05, 4.69) is 5.32 Å². The van der Waals surface area contributed by atoms with Crippen LogP contribution in [-0.4, -0.2) is 25.5 Å². The summed E-state index contributed by atoms with van der Waals surface area (Å²) in [6.45, 7) is -0.0899. The smallest absolute Gasteiger partial charge is 0.375 e. The maximum atomic E-state index is 12.9. The normalized spacial score (nSPS) is 12.3. The van der Waals surface area contributed by atoms with Crippen molar-refractivity contribution in [1.82, 2.24) is 5.32 Å². The van der Waals surface area contributed by atoms with E-state index in [1.165, 1.54) is 19.2 Å². The Morgan fingerprint density at radius 3 is 2.33 bits per heavy atom. The molecule has 0 fully saturated rings. The van der Waals surface area contributed by atoms with Gasteiger partial charge in [-0.1, -0.05) is 41.9 Å². The van der Waals surface area contributed by atoms with Crippen molar-refractivity contribution in [2.75, 3.05) is 19.0 Å². The summed E-state index contributed by atoms with van der Waals surface area (Å²) in [4.78, 5) is 23.9. The zero-order valence-electron chi connectivity index (χ0n) is 14.1. The number of benzene rings is 2. The number of para-hydroxylation sites is 1. The van der Waals surface area contributed by atoms with Crippen molar-refractivity contribution < 1.29 is 27.5 Å². The Bertz CT molecular complexity index is 827. The van der Waals surface area contributed by atoms with Gasteiger partial charge in [0, 0.05) is 24.2 Å². The van der Waals surface area contributed by atoms with Crippen LogP contribution in [-0.2, 0) is 20.5 Å². The lowest BCUT2D eigenvalue weighted by Crippen LogP contribution is -2.38. The Morgan fingerprint density at radius 1 is 1.07 bits per heavy atom. The average molecular weight is 401 g/mol. The molecule has 1 atom stereocenters. The van der Waals surface area contributed by atoms with Crippen molar-refractivity contribution in [3.8, 4) is 0 Å². The first-order valence-electron chi connectivity index (χ1n) is 7.76. The van der Waals surface area contributed by atoms with Gasteiger partial charge in [-0.05, 0) is 18.2 Å². The summed E-state index contributed by atoms with van der Waals surface area (Å²) in [7, 11) is 1.40. The standard InChI is InChI=1S/C18H16ClF3N2O3/c1-27-15(11-6-2-4-8-13(11)19)10-23-16(25)17(26)24-14-9-5-3-7-12(14)18(20,21)22/h2-9,15H,10H2,1H3,(H,23,25)(H,24,26). The van der Waals surface area contributed by atoms with Gasteiger partial charge in [0.25, 0.3) is 0 Å². The molecule has 0 aliphatic carbocycles. The molecule has 144 valence electrons. The van der Waals surface area contributed by atoms with Crippen LogP contribution in [0.4, 0.5) is 18.9 Å². The van der Waals surface area contributed by atoms with E-state index >= 15 is 0 Å². The largest absolute Gasteiger partial charge is 0.418 e. The SMILES string of the molecule is COC(CNC(=O)C(=O)Nc1ccccc1C(F)(F)F)c1ccccc1Cl. The predicted octanol–water partition coefficient (Wildman–Crippen LogP) is 3.80. The number of nitrogens with one attached hydrogen (secondary N) is 2. The number of hydrogen-bond acceptors (Lipinski definition) is 3. The number of rotatable bonds is 5. The number of ether oxygens (including phenoxy) is 1. The Labute approximate surface area is 158 Å². The second-order valence-corrected chi connectivity index (χ2v) is 5.86. The van der Waals surface area contributed by atoms with Crippen molar-refractivity contribution >= 4 is 29.1 Å². The summed E-state index contributed by atoms with van der Waals surface area (Å²) in [5.74, 6) is -2.32.